The molecule has 1 aromatic rings. The molecule has 4 atom stereocenters. The maximum absolute atomic E-state index is 12.2. The van der Waals surface area contributed by atoms with Crippen molar-refractivity contribution in [2.24, 2.45) is 23.7 Å². The van der Waals surface area contributed by atoms with Crippen molar-refractivity contribution in [3.8, 4) is 0 Å². The molecule has 2 aliphatic carbocycles. The predicted octanol–water partition coefficient (Wildman–Crippen LogP) is 0.0840. The van der Waals surface area contributed by atoms with Crippen molar-refractivity contribution in [1.29, 1.82) is 0 Å². The molecule has 1 fully saturated rings. The maximum Gasteiger partial charge on any atom is 0.224 e. The number of carboxylic acids is 1. The third-order valence-corrected chi connectivity index (χ3v) is 4.05. The van der Waals surface area contributed by atoms with Crippen LogP contribution in [0.1, 0.15) is 12.2 Å². The van der Waals surface area contributed by atoms with Gasteiger partial charge in [0.05, 0.1) is 18.7 Å². The van der Waals surface area contributed by atoms with E-state index < -0.39 is 17.8 Å². The average molecular weight is 260 g/mol. The van der Waals surface area contributed by atoms with Gasteiger partial charge in [-0.15, -0.1) is 0 Å². The minimum atomic E-state index is -1.13. The molecule has 1 amide bonds. The Labute approximate surface area is 110 Å². The van der Waals surface area contributed by atoms with Gasteiger partial charge in [-0.25, -0.2) is 0 Å². The molecule has 1 heterocycles. The largest absolute Gasteiger partial charge is 0.550 e. The lowest BCUT2D eigenvalue weighted by Crippen LogP contribution is -2.44. The number of amides is 1. The van der Waals surface area contributed by atoms with Crippen LogP contribution in [-0.4, -0.2) is 11.9 Å². The van der Waals surface area contributed by atoms with Gasteiger partial charge in [-0.2, -0.15) is 0 Å². The van der Waals surface area contributed by atoms with E-state index in [9.17, 15) is 14.7 Å². The molecule has 5 nitrogen and oxygen atoms in total. The molecule has 0 spiro atoms. The van der Waals surface area contributed by atoms with Crippen molar-refractivity contribution in [2.45, 2.75) is 13.0 Å². The van der Waals surface area contributed by atoms with Crippen LogP contribution in [0.25, 0.3) is 0 Å². The molecular weight excluding hydrogens is 246 g/mol. The summed E-state index contributed by atoms with van der Waals surface area (Å²) in [6.45, 7) is 0.281. The van der Waals surface area contributed by atoms with Crippen molar-refractivity contribution in [3.05, 3.63) is 36.3 Å². The lowest BCUT2D eigenvalue weighted by Gasteiger charge is -2.27. The molecule has 0 aromatic carbocycles. The quantitative estimate of drug-likeness (QED) is 0.777. The normalized spacial score (nSPS) is 31.6. The van der Waals surface area contributed by atoms with Crippen molar-refractivity contribution in [3.63, 3.8) is 0 Å². The van der Waals surface area contributed by atoms with Gasteiger partial charge in [0.2, 0.25) is 5.91 Å². The first-order valence-electron chi connectivity index (χ1n) is 6.36. The zero-order valence-corrected chi connectivity index (χ0v) is 10.2. The standard InChI is InChI=1S/C14H15NO4/c16-13(15-7-10-2-1-5-19-10)11-8-3-4-9(6-8)12(11)14(17)18/h1-5,8-9,11-12H,6-7H2,(H,15,16)(H,17,18)/p-1/t8-,9-,11-,12-/m0/s1. The third kappa shape index (κ3) is 2.05. The number of fused-ring (bicyclic) bond motifs is 2. The first kappa shape index (κ1) is 12.0. The fourth-order valence-electron chi connectivity index (χ4n) is 3.21. The van der Waals surface area contributed by atoms with Crippen LogP contribution in [0.15, 0.2) is 35.0 Å². The van der Waals surface area contributed by atoms with Crippen LogP contribution in [0, 0.1) is 23.7 Å². The zero-order valence-electron chi connectivity index (χ0n) is 10.2. The summed E-state index contributed by atoms with van der Waals surface area (Å²) in [6.07, 6.45) is 6.10. The lowest BCUT2D eigenvalue weighted by atomic mass is 9.82. The first-order valence-corrected chi connectivity index (χ1v) is 6.36. The fourth-order valence-corrected chi connectivity index (χ4v) is 3.21. The lowest BCUT2D eigenvalue weighted by molar-refractivity contribution is -0.313. The zero-order chi connectivity index (χ0) is 13.4. The molecule has 0 aliphatic heterocycles. The number of nitrogens with one attached hydrogen (secondary N) is 1. The van der Waals surface area contributed by atoms with Crippen LogP contribution < -0.4 is 10.4 Å². The predicted molar refractivity (Wildman–Crippen MR) is 63.3 cm³/mol. The Balaban J connectivity index is 1.68. The minimum absolute atomic E-state index is 0.0181. The van der Waals surface area contributed by atoms with Gasteiger partial charge in [-0.3, -0.25) is 4.79 Å². The van der Waals surface area contributed by atoms with E-state index in [0.29, 0.717) is 5.76 Å². The van der Waals surface area contributed by atoms with E-state index >= 15 is 0 Å². The number of hydrogen-bond donors (Lipinski definition) is 1. The van der Waals surface area contributed by atoms with Crippen LogP contribution in [-0.2, 0) is 16.1 Å². The topological polar surface area (TPSA) is 82.4 Å². The highest BCUT2D eigenvalue weighted by Gasteiger charge is 2.48. The number of carbonyl (C=O) groups excluding carboxylic acids is 2. The van der Waals surface area contributed by atoms with Crippen LogP contribution >= 0.6 is 0 Å². The summed E-state index contributed by atoms with van der Waals surface area (Å²) in [7, 11) is 0. The second-order valence-electron chi connectivity index (χ2n) is 5.12. The number of furan rings is 1. The van der Waals surface area contributed by atoms with Crippen molar-refractivity contribution in [1.82, 2.24) is 5.32 Å². The number of carboxylic acid groups (broad SMARTS) is 1. The number of hydrogen-bond acceptors (Lipinski definition) is 4. The molecule has 5 heteroatoms. The summed E-state index contributed by atoms with van der Waals surface area (Å²) in [5, 5.41) is 13.9. The van der Waals surface area contributed by atoms with Crippen molar-refractivity contribution < 1.29 is 19.1 Å². The Morgan fingerprint density at radius 2 is 2.05 bits per heavy atom. The monoisotopic (exact) mass is 260 g/mol. The molecule has 3 rings (SSSR count). The smallest absolute Gasteiger partial charge is 0.224 e. The molecule has 0 saturated heterocycles. The Bertz CT molecular complexity index is 520. The average Bonchev–Trinajstić information content (AvgIpc) is 3.10. The minimum Gasteiger partial charge on any atom is -0.550 e. The summed E-state index contributed by atoms with van der Waals surface area (Å²) < 4.78 is 5.13. The molecule has 0 unspecified atom stereocenters. The SMILES string of the molecule is O=C([O-])[C@@H]1[C@@H](C(=O)NCc2ccco2)[C@H]2C=C[C@H]1C2. The van der Waals surface area contributed by atoms with Crippen molar-refractivity contribution >= 4 is 11.9 Å². The van der Waals surface area contributed by atoms with E-state index in [1.165, 1.54) is 6.26 Å². The Kier molecular flexibility index (Phi) is 2.89. The summed E-state index contributed by atoms with van der Waals surface area (Å²) in [5.41, 5.74) is 0. The molecule has 100 valence electrons. The highest BCUT2D eigenvalue weighted by molar-refractivity contribution is 5.86. The molecule has 2 bridgehead atoms. The van der Waals surface area contributed by atoms with Gasteiger partial charge >= 0.3 is 0 Å². The molecule has 19 heavy (non-hydrogen) atoms. The van der Waals surface area contributed by atoms with Gasteiger partial charge in [0.1, 0.15) is 5.76 Å². The first-order chi connectivity index (χ1) is 9.16. The Morgan fingerprint density at radius 3 is 2.68 bits per heavy atom. The van der Waals surface area contributed by atoms with Crippen LogP contribution in [0.4, 0.5) is 0 Å². The Morgan fingerprint density at radius 1 is 1.32 bits per heavy atom. The van der Waals surface area contributed by atoms with E-state index in [4.69, 9.17) is 4.42 Å². The summed E-state index contributed by atoms with van der Waals surface area (Å²) in [5.74, 6) is -1.98. The van der Waals surface area contributed by atoms with Gasteiger partial charge in [0, 0.05) is 11.9 Å². The Hall–Kier alpha value is -2.04. The van der Waals surface area contributed by atoms with E-state index in [2.05, 4.69) is 5.32 Å². The molecule has 0 radical (unpaired) electrons. The fraction of sp³-hybridized carbons (Fsp3) is 0.429. The van der Waals surface area contributed by atoms with E-state index in [1.807, 2.05) is 12.2 Å². The number of aliphatic carboxylic acids is 1. The summed E-state index contributed by atoms with van der Waals surface area (Å²) in [6, 6.07) is 3.50. The third-order valence-electron chi connectivity index (χ3n) is 4.05. The van der Waals surface area contributed by atoms with Gasteiger partial charge in [0.25, 0.3) is 0 Å². The molecular formula is C14H14NO4-. The number of allylic oxidation sites excluding steroid dienone is 2. The molecule has 1 aromatic heterocycles. The van der Waals surface area contributed by atoms with Crippen molar-refractivity contribution in [2.75, 3.05) is 0 Å². The van der Waals surface area contributed by atoms with E-state index in [0.717, 1.165) is 6.42 Å². The van der Waals surface area contributed by atoms with Crippen LogP contribution in [0.3, 0.4) is 0 Å². The van der Waals surface area contributed by atoms with Gasteiger partial charge in [-0.05, 0) is 30.4 Å². The van der Waals surface area contributed by atoms with E-state index in [-0.39, 0.29) is 24.3 Å². The molecule has 1 saturated carbocycles. The highest BCUT2D eigenvalue weighted by atomic mass is 16.4. The number of carbonyl (C=O) groups is 2. The highest BCUT2D eigenvalue weighted by Crippen LogP contribution is 2.47. The second-order valence-corrected chi connectivity index (χ2v) is 5.12. The second kappa shape index (κ2) is 4.57. The maximum atomic E-state index is 12.2. The van der Waals surface area contributed by atoms with Gasteiger partial charge in [-0.1, -0.05) is 12.2 Å². The number of rotatable bonds is 4. The van der Waals surface area contributed by atoms with Gasteiger partial charge < -0.3 is 19.6 Å². The van der Waals surface area contributed by atoms with Crippen LogP contribution in [0.5, 0.6) is 0 Å². The molecule has 1 N–H and O–H groups in total. The van der Waals surface area contributed by atoms with Gasteiger partial charge in [0.15, 0.2) is 0 Å². The van der Waals surface area contributed by atoms with Crippen LogP contribution in [0.2, 0.25) is 0 Å². The summed E-state index contributed by atoms with van der Waals surface area (Å²) in [4.78, 5) is 23.4. The summed E-state index contributed by atoms with van der Waals surface area (Å²) >= 11 is 0. The molecule has 2 aliphatic rings. The van der Waals surface area contributed by atoms with E-state index in [1.54, 1.807) is 12.1 Å².